The van der Waals surface area contributed by atoms with E-state index >= 15 is 0 Å². The maximum Gasteiger partial charge on any atom is 0.488 e. The minimum Gasteiger partial charge on any atom is -0.388 e. The predicted octanol–water partition coefficient (Wildman–Crippen LogP) is -2.30. The molecule has 9 heterocycles. The smallest absolute Gasteiger partial charge is 0.388 e. The van der Waals surface area contributed by atoms with Crippen molar-refractivity contribution < 1.29 is 114 Å². The quantitative estimate of drug-likeness (QED) is 0.0358. The van der Waals surface area contributed by atoms with Crippen LogP contribution in [0.1, 0.15) is 51.8 Å². The number of nitrogens with one attached hydrogen (secondary N) is 3. The number of fused-ring (bicyclic) bond motifs is 3. The predicted molar refractivity (Wildman–Crippen MR) is 266 cm³/mol. The number of nitrogens with two attached hydrogens (primary N) is 3. The molecule has 0 aromatic carbocycles. The highest BCUT2D eigenvalue weighted by molar-refractivity contribution is 7.68. The third-order valence-corrected chi connectivity index (χ3v) is 17.0. The Kier molecular flexibility index (Phi) is 19.9. The van der Waals surface area contributed by atoms with E-state index < -0.39 is 124 Å². The molecule has 0 bridgehead atoms. The average Bonchev–Trinajstić information content (AvgIpc) is 4.42. The molecule has 0 amide bonds. The molecule has 3 saturated heterocycles. The van der Waals surface area contributed by atoms with Gasteiger partial charge in [-0.3, -0.25) is 56.7 Å². The third-order valence-electron chi connectivity index (χ3n) is 10.7. The lowest BCUT2D eigenvalue weighted by Gasteiger charge is -2.20. The lowest BCUT2D eigenvalue weighted by atomic mass is 10.2. The number of nitrogen functional groups attached to an aromatic ring is 3. The van der Waals surface area contributed by atoms with E-state index in [2.05, 4.69) is 53.5 Å². The number of imidazole rings is 3. The second kappa shape index (κ2) is 25.4. The van der Waals surface area contributed by atoms with Crippen molar-refractivity contribution in [2.24, 2.45) is 0 Å². The first-order chi connectivity index (χ1) is 37.8. The maximum absolute atomic E-state index is 12.4. The number of hydrogen-bond donors (Lipinski definition) is 15. The molecular weight excluding hydrogens is 1210 g/mol. The van der Waals surface area contributed by atoms with Gasteiger partial charge in [-0.2, -0.15) is 19.3 Å². The van der Waals surface area contributed by atoms with Gasteiger partial charge < -0.3 is 99.3 Å². The van der Waals surface area contributed by atoms with Gasteiger partial charge >= 0.3 is 38.4 Å². The van der Waals surface area contributed by atoms with E-state index in [1.807, 2.05) is 0 Å². The standard InChI is InChI=1S/C14H22N5O7P.C10H16N5O13P3.C10H14N5O7P/c1-3-24-27(22,25-4-2)7-23-9-5-8(20)13(26-9)19-6-16-10-11(19)17-14(15)18-12(10)21;11-10-13-7-6(8(17)14-10)12-2-15(7)9-4(16)1-5(26-9)25-3-29(18,19)27-31(23,24)28-30(20,21)22;11-10-13-7-6(8(17)14-10)12-2-15(7)9-4(16)1-5(22-9)21-3-23(18,19)20/h6,8-9,13,20H,3-5,7H2,1-2H3,(H3,15,17,18,21);2,4-5,9,16H,1,3H2,(H,18,19)(H,23,24)(H2,20,21,22)(H3,11,13,14,17);2,4-5,9,16H,1,3H2,(H2,18,19,20)(H3,11,13,14,17)/t8-,9-,13+;2*4-,5-,9+/m000/s1. The van der Waals surface area contributed by atoms with Crippen LogP contribution >= 0.6 is 38.4 Å². The summed E-state index contributed by atoms with van der Waals surface area (Å²) in [5.74, 6) is -0.418. The number of aromatic nitrogens is 12. The zero-order valence-electron chi connectivity index (χ0n) is 41.5. The van der Waals surface area contributed by atoms with E-state index in [9.17, 15) is 57.4 Å². The second-order valence-electron chi connectivity index (χ2n) is 16.9. The van der Waals surface area contributed by atoms with Crippen LogP contribution in [-0.4, -0.2) is 173 Å². The fourth-order valence-corrected chi connectivity index (χ4v) is 12.7. The van der Waals surface area contributed by atoms with Gasteiger partial charge in [-0.15, -0.1) is 0 Å². The number of aliphatic hydroxyl groups excluding tert-OH is 3. The molecule has 2 unspecified atom stereocenters. The van der Waals surface area contributed by atoms with Crippen molar-refractivity contribution >= 4 is 89.8 Å². The Bertz CT molecular complexity index is 3630. The van der Waals surface area contributed by atoms with Gasteiger partial charge in [0.2, 0.25) is 17.8 Å². The Morgan fingerprint density at radius 1 is 0.556 bits per heavy atom. The molecule has 0 radical (unpaired) electrons. The lowest BCUT2D eigenvalue weighted by Crippen LogP contribution is -2.20. The van der Waals surface area contributed by atoms with Crippen molar-refractivity contribution in [3.63, 3.8) is 0 Å². The molecule has 3 aliphatic rings. The van der Waals surface area contributed by atoms with Gasteiger partial charge in [-0.25, -0.2) is 28.4 Å². The van der Waals surface area contributed by atoms with Crippen LogP contribution in [0, 0.1) is 0 Å². The number of nitrogens with zero attached hydrogens (tertiary/aromatic N) is 9. The van der Waals surface area contributed by atoms with E-state index in [1.165, 1.54) is 26.4 Å². The van der Waals surface area contributed by atoms with Crippen molar-refractivity contribution in [2.45, 2.75) is 89.0 Å². The molecule has 0 saturated carbocycles. The SMILES string of the molecule is CCOP(=O)(CO[C@@H]1C[C@H](O)[C@H](n2cnc3c(=O)[nH]c(N)nc32)O1)OCC.Nc1nc2c(ncn2[C@@H]2O[C@H](OCP(=O)(O)O)C[C@@H]2O)c(=O)[nH]1.Nc1nc2c(ncn2[C@@H]2O[C@H](OCP(=O)(O)OP(=O)(O)OP(=O)(O)O)C[C@@H]2O)c(=O)[nH]1. The maximum atomic E-state index is 12.4. The summed E-state index contributed by atoms with van der Waals surface area (Å²) in [5, 5.41) is 30.6. The summed E-state index contributed by atoms with van der Waals surface area (Å²) in [6, 6.07) is 0. The first kappa shape index (κ1) is 63.4. The molecule has 450 valence electrons. The van der Waals surface area contributed by atoms with Crippen molar-refractivity contribution in [1.29, 1.82) is 0 Å². The van der Waals surface area contributed by atoms with Crippen LogP contribution in [0.4, 0.5) is 17.8 Å². The van der Waals surface area contributed by atoms with E-state index in [1.54, 1.807) is 13.8 Å². The first-order valence-electron chi connectivity index (χ1n) is 22.8. The van der Waals surface area contributed by atoms with Gasteiger partial charge in [0.05, 0.1) is 32.2 Å². The summed E-state index contributed by atoms with van der Waals surface area (Å²) in [4.78, 5) is 119. The number of ether oxygens (including phenoxy) is 6. The van der Waals surface area contributed by atoms with Crippen LogP contribution in [0.15, 0.2) is 33.4 Å². The van der Waals surface area contributed by atoms with Crippen LogP contribution in [0.5, 0.6) is 0 Å². The number of rotatable bonds is 20. The molecule has 42 nitrogen and oxygen atoms in total. The summed E-state index contributed by atoms with van der Waals surface area (Å²) in [7, 11) is -23.9. The molecule has 9 rings (SSSR count). The minimum atomic E-state index is -5.61. The van der Waals surface area contributed by atoms with Gasteiger partial charge in [-0.1, -0.05) is 0 Å². The normalized spacial score (nSPS) is 24.9. The van der Waals surface area contributed by atoms with Gasteiger partial charge in [0.15, 0.2) is 90.1 Å². The molecule has 6 aromatic heterocycles. The Hall–Kier alpha value is -5.16. The van der Waals surface area contributed by atoms with Gasteiger partial charge in [0.25, 0.3) is 16.7 Å². The fourth-order valence-electron chi connectivity index (χ4n) is 7.68. The van der Waals surface area contributed by atoms with Gasteiger partial charge in [0.1, 0.15) is 18.3 Å². The zero-order chi connectivity index (χ0) is 59.6. The average molecular weight is 1260 g/mol. The van der Waals surface area contributed by atoms with Crippen molar-refractivity contribution in [3.8, 4) is 0 Å². The van der Waals surface area contributed by atoms with Crippen LogP contribution in [0.2, 0.25) is 0 Å². The topological polar surface area (TPSA) is 628 Å². The number of aliphatic hydroxyl groups is 3. The Morgan fingerprint density at radius 3 is 1.21 bits per heavy atom. The van der Waals surface area contributed by atoms with Gasteiger partial charge in [0, 0.05) is 19.3 Å². The third kappa shape index (κ3) is 16.3. The second-order valence-corrected chi connectivity index (χ2v) is 25.2. The van der Waals surface area contributed by atoms with E-state index in [0.29, 0.717) is 0 Å². The molecule has 3 aliphatic heterocycles. The summed E-state index contributed by atoms with van der Waals surface area (Å²) in [5.41, 5.74) is 15.2. The monoisotopic (exact) mass is 1260 g/mol. The number of aromatic amines is 3. The molecular formula is C34H52N15O27P5. The van der Waals surface area contributed by atoms with E-state index in [4.69, 9.17) is 79.1 Å². The number of anilines is 3. The highest BCUT2D eigenvalue weighted by Gasteiger charge is 2.44. The Balaban J connectivity index is 0.000000177. The van der Waals surface area contributed by atoms with Crippen LogP contribution in [0.25, 0.3) is 33.5 Å². The summed E-state index contributed by atoms with van der Waals surface area (Å²) in [6.07, 6.45) is -8.35. The number of phosphoric acid groups is 2. The van der Waals surface area contributed by atoms with E-state index in [0.717, 1.165) is 6.33 Å². The van der Waals surface area contributed by atoms with Crippen molar-refractivity contribution in [2.75, 3.05) is 49.5 Å². The zero-order valence-corrected chi connectivity index (χ0v) is 45.9. The molecule has 6 aromatic rings. The Labute approximate surface area is 449 Å². The molecule has 0 spiro atoms. The van der Waals surface area contributed by atoms with Crippen LogP contribution in [0.3, 0.4) is 0 Å². The molecule has 3 fully saturated rings. The molecule has 18 N–H and O–H groups in total. The summed E-state index contributed by atoms with van der Waals surface area (Å²) >= 11 is 0. The molecule has 11 atom stereocenters. The number of H-pyrrole nitrogens is 3. The minimum absolute atomic E-state index is 0.0109. The molecule has 0 aliphatic carbocycles. The summed E-state index contributed by atoms with van der Waals surface area (Å²) in [6.45, 7) is 3.81. The largest absolute Gasteiger partial charge is 0.488 e. The Morgan fingerprint density at radius 2 is 0.889 bits per heavy atom. The highest BCUT2D eigenvalue weighted by atomic mass is 31.3. The van der Waals surface area contributed by atoms with Gasteiger partial charge in [-0.05, 0) is 13.8 Å². The highest BCUT2D eigenvalue weighted by Crippen LogP contribution is 2.66. The van der Waals surface area contributed by atoms with Crippen molar-refractivity contribution in [3.05, 3.63) is 50.0 Å². The van der Waals surface area contributed by atoms with Crippen molar-refractivity contribution in [1.82, 2.24) is 58.6 Å². The van der Waals surface area contributed by atoms with Crippen LogP contribution < -0.4 is 33.9 Å². The number of hydrogen-bond acceptors (Lipinski definition) is 30. The first-order valence-corrected chi connectivity index (χ1v) is 31.2. The lowest BCUT2D eigenvalue weighted by molar-refractivity contribution is -0.146. The fraction of sp³-hybridized carbons (Fsp3) is 0.559. The van der Waals surface area contributed by atoms with E-state index in [-0.39, 0.29) is 90.2 Å². The van der Waals surface area contributed by atoms with Crippen LogP contribution in [-0.2, 0) is 68.9 Å². The molecule has 47 heteroatoms. The summed E-state index contributed by atoms with van der Waals surface area (Å²) < 4.78 is 110. The molecule has 81 heavy (non-hydrogen) atoms.